The van der Waals surface area contributed by atoms with Gasteiger partial charge in [-0.3, -0.25) is 0 Å². The highest BCUT2D eigenvalue weighted by molar-refractivity contribution is 7.89. The predicted octanol–water partition coefficient (Wildman–Crippen LogP) is 3.28. The molecule has 2 aromatic rings. The lowest BCUT2D eigenvalue weighted by molar-refractivity contribution is 0.282. The molecule has 0 spiro atoms. The number of sulfonamides is 1. The Kier molecular flexibility index (Phi) is 5.06. The molecule has 2 rings (SSSR count). The van der Waals surface area contributed by atoms with Gasteiger partial charge in [0.05, 0.1) is 11.5 Å². The van der Waals surface area contributed by atoms with Gasteiger partial charge in [-0.05, 0) is 36.1 Å². The molecular formula is C14H16ClNO3S2. The Bertz CT molecular complexity index is 727. The minimum Gasteiger partial charge on any atom is -0.391 e. The number of thiophene rings is 1. The number of aliphatic hydroxyl groups excluding tert-OH is 1. The Morgan fingerprint density at radius 3 is 2.71 bits per heavy atom. The van der Waals surface area contributed by atoms with Gasteiger partial charge in [-0.15, -0.1) is 11.3 Å². The van der Waals surface area contributed by atoms with Crippen LogP contribution in [0.3, 0.4) is 0 Å². The van der Waals surface area contributed by atoms with Gasteiger partial charge in [0, 0.05) is 23.0 Å². The SMILES string of the molecule is CC(c1cccc(Cl)c1)N(C)S(=O)(=O)c1ccsc1CO. The highest BCUT2D eigenvalue weighted by Gasteiger charge is 2.29. The second-order valence-corrected chi connectivity index (χ2v) is 8.02. The molecule has 0 amide bonds. The smallest absolute Gasteiger partial charge is 0.244 e. The molecule has 0 aliphatic carbocycles. The Morgan fingerprint density at radius 1 is 1.38 bits per heavy atom. The summed E-state index contributed by atoms with van der Waals surface area (Å²) < 4.78 is 26.6. The van der Waals surface area contributed by atoms with Crippen molar-refractivity contribution in [1.29, 1.82) is 0 Å². The molecule has 0 aliphatic rings. The minimum absolute atomic E-state index is 0.159. The number of rotatable bonds is 5. The average molecular weight is 346 g/mol. The molecule has 114 valence electrons. The van der Waals surface area contributed by atoms with Crippen molar-refractivity contribution < 1.29 is 13.5 Å². The van der Waals surface area contributed by atoms with Crippen LogP contribution in [0.25, 0.3) is 0 Å². The fourth-order valence-electron chi connectivity index (χ4n) is 2.01. The first-order valence-electron chi connectivity index (χ1n) is 6.28. The summed E-state index contributed by atoms with van der Waals surface area (Å²) in [5.74, 6) is 0. The summed E-state index contributed by atoms with van der Waals surface area (Å²) in [7, 11) is -2.13. The third-order valence-electron chi connectivity index (χ3n) is 3.38. The van der Waals surface area contributed by atoms with Crippen molar-refractivity contribution in [3.63, 3.8) is 0 Å². The zero-order valence-electron chi connectivity index (χ0n) is 11.7. The van der Waals surface area contributed by atoms with Crippen molar-refractivity contribution in [1.82, 2.24) is 4.31 Å². The Hall–Kier alpha value is -0.920. The number of aliphatic hydroxyl groups is 1. The molecule has 0 saturated heterocycles. The highest BCUT2D eigenvalue weighted by atomic mass is 35.5. The maximum Gasteiger partial charge on any atom is 0.244 e. The van der Waals surface area contributed by atoms with Crippen molar-refractivity contribution in [2.45, 2.75) is 24.5 Å². The highest BCUT2D eigenvalue weighted by Crippen LogP contribution is 2.30. The number of halogens is 1. The van der Waals surface area contributed by atoms with Crippen LogP contribution < -0.4 is 0 Å². The third kappa shape index (κ3) is 3.30. The first-order chi connectivity index (χ1) is 9.87. The summed E-state index contributed by atoms with van der Waals surface area (Å²) in [5.41, 5.74) is 0.814. The lowest BCUT2D eigenvalue weighted by Crippen LogP contribution is -2.30. The van der Waals surface area contributed by atoms with Gasteiger partial charge in [-0.25, -0.2) is 8.42 Å². The van der Waals surface area contributed by atoms with Crippen molar-refractivity contribution in [3.05, 3.63) is 51.2 Å². The summed E-state index contributed by atoms with van der Waals surface area (Å²) in [5, 5.41) is 11.5. The molecule has 1 aromatic heterocycles. The summed E-state index contributed by atoms with van der Waals surface area (Å²) in [6, 6.07) is 8.28. The van der Waals surface area contributed by atoms with E-state index < -0.39 is 10.0 Å². The molecule has 0 radical (unpaired) electrons. The van der Waals surface area contributed by atoms with E-state index >= 15 is 0 Å². The fraction of sp³-hybridized carbons (Fsp3) is 0.286. The Morgan fingerprint density at radius 2 is 2.10 bits per heavy atom. The van der Waals surface area contributed by atoms with Gasteiger partial charge >= 0.3 is 0 Å². The molecule has 4 nitrogen and oxygen atoms in total. The molecule has 0 saturated carbocycles. The first-order valence-corrected chi connectivity index (χ1v) is 8.98. The predicted molar refractivity (Wildman–Crippen MR) is 85.1 cm³/mol. The molecule has 1 N–H and O–H groups in total. The molecule has 1 aromatic carbocycles. The van der Waals surface area contributed by atoms with E-state index in [0.717, 1.165) is 5.56 Å². The molecule has 1 atom stereocenters. The van der Waals surface area contributed by atoms with Crippen LogP contribution in [0.1, 0.15) is 23.4 Å². The van der Waals surface area contributed by atoms with Gasteiger partial charge in [0.15, 0.2) is 0 Å². The lowest BCUT2D eigenvalue weighted by atomic mass is 10.1. The third-order valence-corrected chi connectivity index (χ3v) is 6.66. The van der Waals surface area contributed by atoms with E-state index in [1.807, 2.05) is 6.07 Å². The topological polar surface area (TPSA) is 57.6 Å². The molecule has 1 unspecified atom stereocenters. The van der Waals surface area contributed by atoms with E-state index in [1.165, 1.54) is 28.8 Å². The van der Waals surface area contributed by atoms with E-state index in [4.69, 9.17) is 11.6 Å². The second-order valence-electron chi connectivity index (χ2n) is 4.62. The number of nitrogens with zero attached hydrogens (tertiary/aromatic N) is 1. The van der Waals surface area contributed by atoms with Gasteiger partial charge in [-0.2, -0.15) is 4.31 Å². The van der Waals surface area contributed by atoms with Gasteiger partial charge in [-0.1, -0.05) is 23.7 Å². The summed E-state index contributed by atoms with van der Waals surface area (Å²) >= 11 is 7.18. The zero-order valence-corrected chi connectivity index (χ0v) is 14.0. The molecule has 7 heteroatoms. The van der Waals surface area contributed by atoms with Crippen molar-refractivity contribution in [3.8, 4) is 0 Å². The van der Waals surface area contributed by atoms with Crippen LogP contribution in [0.15, 0.2) is 40.6 Å². The lowest BCUT2D eigenvalue weighted by Gasteiger charge is -2.24. The van der Waals surface area contributed by atoms with Crippen molar-refractivity contribution in [2.24, 2.45) is 0 Å². The monoisotopic (exact) mass is 345 g/mol. The normalized spacial score (nSPS) is 13.6. The molecule has 21 heavy (non-hydrogen) atoms. The van der Waals surface area contributed by atoms with Crippen LogP contribution in [0.4, 0.5) is 0 Å². The first kappa shape index (κ1) is 16.5. The standard InChI is InChI=1S/C14H16ClNO3S2/c1-10(11-4-3-5-12(15)8-11)16(2)21(18,19)14-6-7-20-13(14)9-17/h3-8,10,17H,9H2,1-2H3. The minimum atomic E-state index is -3.66. The maximum absolute atomic E-state index is 12.7. The average Bonchev–Trinajstić information content (AvgIpc) is 2.95. The number of hydrogen-bond acceptors (Lipinski definition) is 4. The van der Waals surface area contributed by atoms with E-state index in [9.17, 15) is 13.5 Å². The largest absolute Gasteiger partial charge is 0.391 e. The van der Waals surface area contributed by atoms with E-state index in [1.54, 1.807) is 30.5 Å². The maximum atomic E-state index is 12.7. The summed E-state index contributed by atoms with van der Waals surface area (Å²) in [6.07, 6.45) is 0. The molecule has 0 bridgehead atoms. The van der Waals surface area contributed by atoms with Gasteiger partial charge in [0.25, 0.3) is 0 Å². The quantitative estimate of drug-likeness (QED) is 0.904. The van der Waals surface area contributed by atoms with Gasteiger partial charge in [0.1, 0.15) is 0 Å². The number of hydrogen-bond donors (Lipinski definition) is 1. The van der Waals surface area contributed by atoms with Crippen LogP contribution in [0.2, 0.25) is 5.02 Å². The summed E-state index contributed by atoms with van der Waals surface area (Å²) in [6.45, 7) is 1.51. The van der Waals surface area contributed by atoms with E-state index in [-0.39, 0.29) is 17.5 Å². The fourth-order valence-corrected chi connectivity index (χ4v) is 4.83. The Labute approximate surface area is 133 Å². The van der Waals surface area contributed by atoms with E-state index in [0.29, 0.717) is 9.90 Å². The second kappa shape index (κ2) is 6.46. The van der Waals surface area contributed by atoms with Crippen LogP contribution in [0.5, 0.6) is 0 Å². The van der Waals surface area contributed by atoms with E-state index in [2.05, 4.69) is 0 Å². The van der Waals surface area contributed by atoms with Crippen LogP contribution in [-0.2, 0) is 16.6 Å². The molecule has 1 heterocycles. The molecule has 0 aliphatic heterocycles. The number of benzene rings is 1. The van der Waals surface area contributed by atoms with Crippen molar-refractivity contribution >= 4 is 33.0 Å². The summed E-state index contributed by atoms with van der Waals surface area (Å²) in [4.78, 5) is 0.603. The van der Waals surface area contributed by atoms with Gasteiger partial charge < -0.3 is 5.11 Å². The molecular weight excluding hydrogens is 330 g/mol. The van der Waals surface area contributed by atoms with Crippen LogP contribution >= 0.6 is 22.9 Å². The van der Waals surface area contributed by atoms with Crippen LogP contribution in [0, 0.1) is 0 Å². The Balaban J connectivity index is 2.36. The van der Waals surface area contributed by atoms with Crippen LogP contribution in [-0.4, -0.2) is 24.9 Å². The molecule has 0 fully saturated rings. The van der Waals surface area contributed by atoms with Gasteiger partial charge in [0.2, 0.25) is 10.0 Å². The zero-order chi connectivity index (χ0) is 15.6. The van der Waals surface area contributed by atoms with Crippen molar-refractivity contribution in [2.75, 3.05) is 7.05 Å².